The largest absolute Gasteiger partial charge is 0.378 e. The fourth-order valence-corrected chi connectivity index (χ4v) is 6.38. The maximum Gasteiger partial charge on any atom is 0.251 e. The molecule has 1 aromatic heterocycles. The molecular weight excluding hydrogens is 508 g/mol. The number of aromatic amines is 1. The van der Waals surface area contributed by atoms with E-state index in [0.29, 0.717) is 23.4 Å². The molecule has 0 spiro atoms. The van der Waals surface area contributed by atoms with Gasteiger partial charge in [0.1, 0.15) is 0 Å². The third-order valence-corrected chi connectivity index (χ3v) is 8.84. The predicted octanol–water partition coefficient (Wildman–Crippen LogP) is 7.11. The van der Waals surface area contributed by atoms with Crippen molar-refractivity contribution in [3.05, 3.63) is 89.5 Å². The third kappa shape index (κ3) is 6.39. The second-order valence-corrected chi connectivity index (χ2v) is 12.2. The highest BCUT2D eigenvalue weighted by atomic mass is 16.5. The van der Waals surface area contributed by atoms with Gasteiger partial charge in [-0.05, 0) is 79.9 Å². The van der Waals surface area contributed by atoms with E-state index in [2.05, 4.69) is 70.7 Å². The van der Waals surface area contributed by atoms with Crippen LogP contribution in [0.4, 0.5) is 0 Å². The Bertz CT molecular complexity index is 1440. The first-order chi connectivity index (χ1) is 20.0. The second kappa shape index (κ2) is 12.6. The third-order valence-electron chi connectivity index (χ3n) is 8.84. The summed E-state index contributed by atoms with van der Waals surface area (Å²) in [6.07, 6.45) is 5.87. The Kier molecular flexibility index (Phi) is 8.49. The van der Waals surface area contributed by atoms with E-state index in [1.165, 1.54) is 37.8 Å². The Hall–Kier alpha value is -3.48. The van der Waals surface area contributed by atoms with Crippen molar-refractivity contribution in [3.63, 3.8) is 0 Å². The van der Waals surface area contributed by atoms with Gasteiger partial charge in [0, 0.05) is 16.5 Å². The number of aromatic nitrogens is 2. The summed E-state index contributed by atoms with van der Waals surface area (Å²) >= 11 is 0. The summed E-state index contributed by atoms with van der Waals surface area (Å²) in [4.78, 5) is 16.1. The number of likely N-dealkylation sites (tertiary alicyclic amines) is 1. The van der Waals surface area contributed by atoms with Gasteiger partial charge >= 0.3 is 0 Å². The lowest BCUT2D eigenvalue weighted by molar-refractivity contribution is -0.0671. The van der Waals surface area contributed by atoms with E-state index in [9.17, 15) is 4.79 Å². The number of nitrogens with one attached hydrogen (secondary N) is 2. The normalized spacial score (nSPS) is 19.4. The SMILES string of the molecule is CC(C)C[C@H](NC(=O)c1ccc2[nH]nc(-c3ccc(C4CCCCN(C5COC5)CC4)cc3)c2c1)c1ccccc1. The highest BCUT2D eigenvalue weighted by Crippen LogP contribution is 2.33. The molecule has 0 bridgehead atoms. The van der Waals surface area contributed by atoms with Gasteiger partial charge in [-0.25, -0.2) is 0 Å². The second-order valence-electron chi connectivity index (χ2n) is 12.2. The Morgan fingerprint density at radius 1 is 1.00 bits per heavy atom. The summed E-state index contributed by atoms with van der Waals surface area (Å²) in [5.74, 6) is 0.989. The first-order valence-corrected chi connectivity index (χ1v) is 15.3. The summed E-state index contributed by atoms with van der Waals surface area (Å²) < 4.78 is 5.45. The zero-order chi connectivity index (χ0) is 28.2. The van der Waals surface area contributed by atoms with Crippen molar-refractivity contribution >= 4 is 16.8 Å². The molecule has 2 aliphatic heterocycles. The summed E-state index contributed by atoms with van der Waals surface area (Å²) in [5, 5.41) is 12.1. The molecule has 2 atom stereocenters. The standard InChI is InChI=1S/C35H42N4O2/c1-24(2)20-33(27-9-4-3-5-10-27)36-35(40)29-15-16-32-31(21-29)34(38-37-32)28-13-11-26(12-14-28)25-8-6-7-18-39(19-17-25)30-22-41-23-30/h3-5,9-16,21,24-25,30,33H,6-8,17-20,22-23H2,1-2H3,(H,36,40)(H,37,38)/t25?,33-/m0/s1. The van der Waals surface area contributed by atoms with Gasteiger partial charge in [-0.3, -0.25) is 14.8 Å². The highest BCUT2D eigenvalue weighted by Gasteiger charge is 2.27. The van der Waals surface area contributed by atoms with Gasteiger partial charge in [0.05, 0.1) is 36.5 Å². The molecule has 0 saturated carbocycles. The van der Waals surface area contributed by atoms with Crippen LogP contribution >= 0.6 is 0 Å². The number of hydrogen-bond donors (Lipinski definition) is 2. The molecule has 0 radical (unpaired) electrons. The number of amides is 1. The number of nitrogens with zero attached hydrogens (tertiary/aromatic N) is 2. The highest BCUT2D eigenvalue weighted by molar-refractivity contribution is 6.01. The number of H-pyrrole nitrogens is 1. The van der Waals surface area contributed by atoms with E-state index in [1.54, 1.807) is 0 Å². The topological polar surface area (TPSA) is 70.2 Å². The molecule has 2 N–H and O–H groups in total. The van der Waals surface area contributed by atoms with Crippen LogP contribution in [0.5, 0.6) is 0 Å². The molecule has 2 fully saturated rings. The molecule has 2 saturated heterocycles. The number of rotatable bonds is 8. The van der Waals surface area contributed by atoms with Gasteiger partial charge in [-0.1, -0.05) is 74.9 Å². The summed E-state index contributed by atoms with van der Waals surface area (Å²) in [5.41, 5.74) is 6.08. The predicted molar refractivity (Wildman–Crippen MR) is 165 cm³/mol. The monoisotopic (exact) mass is 550 g/mol. The molecule has 3 heterocycles. The minimum Gasteiger partial charge on any atom is -0.378 e. The smallest absolute Gasteiger partial charge is 0.251 e. The number of fused-ring (bicyclic) bond motifs is 1. The van der Waals surface area contributed by atoms with Crippen molar-refractivity contribution < 1.29 is 9.53 Å². The maximum atomic E-state index is 13.4. The molecule has 0 aliphatic carbocycles. The van der Waals surface area contributed by atoms with Crippen LogP contribution in [0.15, 0.2) is 72.8 Å². The molecule has 6 rings (SSSR count). The maximum absolute atomic E-state index is 13.4. The number of ether oxygens (including phenoxy) is 1. The minimum atomic E-state index is -0.0595. The molecule has 6 heteroatoms. The fraction of sp³-hybridized carbons (Fsp3) is 0.429. The van der Waals surface area contributed by atoms with Gasteiger partial charge in [0.2, 0.25) is 0 Å². The molecule has 2 aliphatic rings. The number of carbonyl (C=O) groups excluding carboxylic acids is 1. The van der Waals surface area contributed by atoms with Gasteiger partial charge in [-0.15, -0.1) is 0 Å². The van der Waals surface area contributed by atoms with Gasteiger partial charge in [0.15, 0.2) is 0 Å². The van der Waals surface area contributed by atoms with Crippen LogP contribution in [0.3, 0.4) is 0 Å². The molecule has 1 amide bonds. The summed E-state index contributed by atoms with van der Waals surface area (Å²) in [6.45, 7) is 8.52. The molecule has 3 aromatic carbocycles. The van der Waals surface area contributed by atoms with E-state index in [1.807, 2.05) is 36.4 Å². The van der Waals surface area contributed by atoms with E-state index in [0.717, 1.165) is 53.9 Å². The zero-order valence-corrected chi connectivity index (χ0v) is 24.3. The quantitative estimate of drug-likeness (QED) is 0.245. The lowest BCUT2D eigenvalue weighted by atomic mass is 9.88. The van der Waals surface area contributed by atoms with E-state index < -0.39 is 0 Å². The van der Waals surface area contributed by atoms with Gasteiger partial charge in [0.25, 0.3) is 5.91 Å². The van der Waals surface area contributed by atoms with Crippen LogP contribution in [-0.4, -0.2) is 53.3 Å². The van der Waals surface area contributed by atoms with Crippen LogP contribution < -0.4 is 5.32 Å². The molecular formula is C35H42N4O2. The van der Waals surface area contributed by atoms with Crippen molar-refractivity contribution in [1.82, 2.24) is 20.4 Å². The molecule has 6 nitrogen and oxygen atoms in total. The molecule has 214 valence electrons. The first-order valence-electron chi connectivity index (χ1n) is 15.3. The first kappa shape index (κ1) is 27.7. The van der Waals surface area contributed by atoms with Crippen LogP contribution in [0.2, 0.25) is 0 Å². The lowest BCUT2D eigenvalue weighted by Crippen LogP contribution is -2.50. The van der Waals surface area contributed by atoms with E-state index >= 15 is 0 Å². The fourth-order valence-electron chi connectivity index (χ4n) is 6.38. The van der Waals surface area contributed by atoms with Gasteiger partial charge < -0.3 is 10.1 Å². The van der Waals surface area contributed by atoms with E-state index in [-0.39, 0.29) is 11.9 Å². The zero-order valence-electron chi connectivity index (χ0n) is 24.3. The van der Waals surface area contributed by atoms with Crippen LogP contribution in [0.25, 0.3) is 22.2 Å². The van der Waals surface area contributed by atoms with Crippen molar-refractivity contribution in [1.29, 1.82) is 0 Å². The Morgan fingerprint density at radius 2 is 1.80 bits per heavy atom. The van der Waals surface area contributed by atoms with Crippen LogP contribution in [-0.2, 0) is 4.74 Å². The average Bonchev–Trinajstić information content (AvgIpc) is 3.37. The summed E-state index contributed by atoms with van der Waals surface area (Å²) in [7, 11) is 0. The van der Waals surface area contributed by atoms with Crippen molar-refractivity contribution in [3.8, 4) is 11.3 Å². The lowest BCUT2D eigenvalue weighted by Gasteiger charge is -2.39. The van der Waals surface area contributed by atoms with Crippen LogP contribution in [0.1, 0.15) is 79.4 Å². The Balaban J connectivity index is 1.18. The number of carbonyl (C=O) groups is 1. The average molecular weight is 551 g/mol. The molecule has 4 aromatic rings. The minimum absolute atomic E-state index is 0.0295. The van der Waals surface area contributed by atoms with Crippen molar-refractivity contribution in [2.45, 2.75) is 64.0 Å². The van der Waals surface area contributed by atoms with Crippen molar-refractivity contribution in [2.24, 2.45) is 5.92 Å². The number of benzene rings is 3. The van der Waals surface area contributed by atoms with Crippen molar-refractivity contribution in [2.75, 3.05) is 26.3 Å². The molecule has 1 unspecified atom stereocenters. The Labute approximate surface area is 243 Å². The van der Waals surface area contributed by atoms with E-state index in [4.69, 9.17) is 4.74 Å². The number of hydrogen-bond acceptors (Lipinski definition) is 4. The molecule has 41 heavy (non-hydrogen) atoms. The summed E-state index contributed by atoms with van der Waals surface area (Å²) in [6, 6.07) is 25.6. The Morgan fingerprint density at radius 3 is 2.54 bits per heavy atom. The van der Waals surface area contributed by atoms with Crippen LogP contribution in [0, 0.1) is 5.92 Å². The van der Waals surface area contributed by atoms with Gasteiger partial charge in [-0.2, -0.15) is 5.10 Å².